The fourth-order valence-corrected chi connectivity index (χ4v) is 3.43. The number of amides is 1. The van der Waals surface area contributed by atoms with Crippen LogP contribution in [0.1, 0.15) is 32.1 Å². The highest BCUT2D eigenvalue weighted by Crippen LogP contribution is 2.30. The number of methoxy groups -OCH3 is 1. The number of piperidine rings is 1. The molecule has 0 atom stereocenters. The Bertz CT molecular complexity index is 327. The van der Waals surface area contributed by atoms with Gasteiger partial charge in [-0.25, -0.2) is 0 Å². The van der Waals surface area contributed by atoms with E-state index in [1.165, 1.54) is 19.3 Å². The third-order valence-corrected chi connectivity index (χ3v) is 4.83. The number of rotatable bonds is 8. The molecule has 2 saturated heterocycles. The van der Waals surface area contributed by atoms with Crippen LogP contribution in [0, 0.1) is 0 Å². The van der Waals surface area contributed by atoms with Crippen LogP contribution in [-0.4, -0.2) is 76.0 Å². The lowest BCUT2D eigenvalue weighted by Gasteiger charge is -2.48. The lowest BCUT2D eigenvalue weighted by atomic mass is 9.86. The van der Waals surface area contributed by atoms with Gasteiger partial charge in [-0.2, -0.15) is 0 Å². The predicted molar refractivity (Wildman–Crippen MR) is 86.0 cm³/mol. The zero-order valence-corrected chi connectivity index (χ0v) is 13.9. The maximum absolute atomic E-state index is 12.0. The quantitative estimate of drug-likeness (QED) is 0.634. The Morgan fingerprint density at radius 3 is 2.64 bits per heavy atom. The van der Waals surface area contributed by atoms with Crippen molar-refractivity contribution in [3.8, 4) is 0 Å². The Labute approximate surface area is 133 Å². The van der Waals surface area contributed by atoms with Gasteiger partial charge in [0.05, 0.1) is 13.2 Å². The van der Waals surface area contributed by atoms with Crippen molar-refractivity contribution in [2.24, 2.45) is 0 Å². The monoisotopic (exact) mass is 313 g/mol. The molecule has 1 amide bonds. The highest BCUT2D eigenvalue weighted by molar-refractivity contribution is 5.78. The first-order valence-electron chi connectivity index (χ1n) is 8.56. The topological polar surface area (TPSA) is 62.8 Å². The van der Waals surface area contributed by atoms with Crippen molar-refractivity contribution in [1.29, 1.82) is 0 Å². The third kappa shape index (κ3) is 5.19. The van der Waals surface area contributed by atoms with E-state index in [2.05, 4.69) is 15.5 Å². The van der Waals surface area contributed by atoms with Gasteiger partial charge >= 0.3 is 0 Å². The highest BCUT2D eigenvalue weighted by Gasteiger charge is 2.39. The van der Waals surface area contributed by atoms with Crippen molar-refractivity contribution >= 4 is 5.91 Å². The van der Waals surface area contributed by atoms with Crippen molar-refractivity contribution in [3.05, 3.63) is 0 Å². The first-order chi connectivity index (χ1) is 10.8. The fraction of sp³-hybridized carbons (Fsp3) is 0.938. The average Bonchev–Trinajstić information content (AvgIpc) is 2.58. The summed E-state index contributed by atoms with van der Waals surface area (Å²) in [6.45, 7) is 6.34. The fourth-order valence-electron chi connectivity index (χ4n) is 3.43. The van der Waals surface area contributed by atoms with Crippen LogP contribution in [0.2, 0.25) is 0 Å². The number of ether oxygens (including phenoxy) is 2. The lowest BCUT2D eigenvalue weighted by Crippen LogP contribution is -2.60. The van der Waals surface area contributed by atoms with Gasteiger partial charge in [0.25, 0.3) is 0 Å². The maximum Gasteiger partial charge on any atom is 0.234 e. The molecule has 2 N–H and O–H groups in total. The second-order valence-electron chi connectivity index (χ2n) is 6.33. The molecule has 22 heavy (non-hydrogen) atoms. The number of nitrogens with zero attached hydrogens (tertiary/aromatic N) is 1. The van der Waals surface area contributed by atoms with Crippen LogP contribution in [-0.2, 0) is 14.3 Å². The molecular weight excluding hydrogens is 282 g/mol. The van der Waals surface area contributed by atoms with E-state index in [9.17, 15) is 4.79 Å². The number of carbonyl (C=O) groups excluding carboxylic acids is 1. The summed E-state index contributed by atoms with van der Waals surface area (Å²) in [6.07, 6.45) is 5.91. The molecule has 2 fully saturated rings. The molecule has 0 radical (unpaired) electrons. The minimum Gasteiger partial charge on any atom is -0.383 e. The van der Waals surface area contributed by atoms with Crippen molar-refractivity contribution in [2.45, 2.75) is 37.6 Å². The third-order valence-electron chi connectivity index (χ3n) is 4.83. The molecule has 0 spiro atoms. The molecule has 0 aromatic heterocycles. The molecule has 2 heterocycles. The van der Waals surface area contributed by atoms with Gasteiger partial charge in [-0.15, -0.1) is 0 Å². The summed E-state index contributed by atoms with van der Waals surface area (Å²) < 4.78 is 10.5. The van der Waals surface area contributed by atoms with Crippen LogP contribution < -0.4 is 10.6 Å². The number of hydrogen-bond donors (Lipinski definition) is 2. The van der Waals surface area contributed by atoms with Crippen LogP contribution in [0.25, 0.3) is 0 Å². The molecule has 0 unspecified atom stereocenters. The van der Waals surface area contributed by atoms with Gasteiger partial charge in [0.2, 0.25) is 5.91 Å². The van der Waals surface area contributed by atoms with Crippen LogP contribution in [0.3, 0.4) is 0 Å². The van der Waals surface area contributed by atoms with Crippen LogP contribution >= 0.6 is 0 Å². The van der Waals surface area contributed by atoms with Crippen molar-refractivity contribution in [2.75, 3.05) is 59.7 Å². The molecule has 2 aliphatic rings. The van der Waals surface area contributed by atoms with E-state index in [1.54, 1.807) is 7.11 Å². The standard InChI is InChI=1S/C16H31N3O3/c1-21-12-7-17-13-15(20)18-14-16(5-10-22-11-6-16)19-8-3-2-4-9-19/h17H,2-14H2,1H3,(H,18,20). The Hall–Kier alpha value is -0.690. The van der Waals surface area contributed by atoms with Gasteiger partial charge in [0.1, 0.15) is 0 Å². The zero-order valence-electron chi connectivity index (χ0n) is 13.9. The Balaban J connectivity index is 1.80. The molecule has 0 aliphatic carbocycles. The largest absolute Gasteiger partial charge is 0.383 e. The summed E-state index contributed by atoms with van der Waals surface area (Å²) in [4.78, 5) is 14.6. The summed E-state index contributed by atoms with van der Waals surface area (Å²) in [5.74, 6) is 0.0685. The molecular formula is C16H31N3O3. The van der Waals surface area contributed by atoms with Crippen LogP contribution in [0.15, 0.2) is 0 Å². The van der Waals surface area contributed by atoms with Gasteiger partial charge in [0.15, 0.2) is 0 Å². The summed E-state index contributed by atoms with van der Waals surface area (Å²) >= 11 is 0. The SMILES string of the molecule is COCCNCC(=O)NCC1(N2CCCCC2)CCOCC1. The van der Waals surface area contributed by atoms with E-state index in [4.69, 9.17) is 9.47 Å². The van der Waals surface area contributed by atoms with Gasteiger partial charge < -0.3 is 20.1 Å². The number of hydrogen-bond acceptors (Lipinski definition) is 5. The lowest BCUT2D eigenvalue weighted by molar-refractivity contribution is -0.121. The van der Waals surface area contributed by atoms with E-state index in [1.807, 2.05) is 0 Å². The van der Waals surface area contributed by atoms with E-state index in [0.717, 1.165) is 45.7 Å². The molecule has 0 saturated carbocycles. The second-order valence-corrected chi connectivity index (χ2v) is 6.33. The van der Waals surface area contributed by atoms with Crippen molar-refractivity contribution in [3.63, 3.8) is 0 Å². The number of likely N-dealkylation sites (tertiary alicyclic amines) is 1. The highest BCUT2D eigenvalue weighted by atomic mass is 16.5. The molecule has 6 heteroatoms. The minimum absolute atomic E-state index is 0.0685. The van der Waals surface area contributed by atoms with Gasteiger partial charge in [0, 0.05) is 39.0 Å². The summed E-state index contributed by atoms with van der Waals surface area (Å²) in [7, 11) is 1.66. The Morgan fingerprint density at radius 2 is 1.95 bits per heavy atom. The average molecular weight is 313 g/mol. The van der Waals surface area contributed by atoms with Crippen molar-refractivity contribution < 1.29 is 14.3 Å². The molecule has 0 bridgehead atoms. The summed E-state index contributed by atoms with van der Waals surface area (Å²) in [5, 5.41) is 6.22. The molecule has 0 aromatic rings. The molecule has 128 valence electrons. The Morgan fingerprint density at radius 1 is 1.23 bits per heavy atom. The molecule has 2 rings (SSSR count). The smallest absolute Gasteiger partial charge is 0.234 e. The van der Waals surface area contributed by atoms with E-state index in [-0.39, 0.29) is 11.4 Å². The first-order valence-corrected chi connectivity index (χ1v) is 8.56. The minimum atomic E-state index is 0.0685. The second kappa shape index (κ2) is 9.45. The van der Waals surface area contributed by atoms with Gasteiger partial charge in [-0.05, 0) is 38.8 Å². The number of nitrogens with one attached hydrogen (secondary N) is 2. The van der Waals surface area contributed by atoms with E-state index < -0.39 is 0 Å². The zero-order chi connectivity index (χ0) is 15.7. The summed E-state index contributed by atoms with van der Waals surface area (Å²) in [5.41, 5.74) is 0.0981. The van der Waals surface area contributed by atoms with Gasteiger partial charge in [-0.1, -0.05) is 6.42 Å². The number of carbonyl (C=O) groups is 1. The van der Waals surface area contributed by atoms with E-state index in [0.29, 0.717) is 19.7 Å². The van der Waals surface area contributed by atoms with Crippen LogP contribution in [0.4, 0.5) is 0 Å². The first kappa shape index (κ1) is 17.7. The van der Waals surface area contributed by atoms with E-state index >= 15 is 0 Å². The summed E-state index contributed by atoms with van der Waals surface area (Å²) in [6, 6.07) is 0. The van der Waals surface area contributed by atoms with Gasteiger partial charge in [-0.3, -0.25) is 9.69 Å². The van der Waals surface area contributed by atoms with Crippen LogP contribution in [0.5, 0.6) is 0 Å². The molecule has 2 aliphatic heterocycles. The predicted octanol–water partition coefficient (Wildman–Crippen LogP) is 0.374. The molecule has 0 aromatic carbocycles. The normalized spacial score (nSPS) is 22.4. The molecule has 6 nitrogen and oxygen atoms in total. The van der Waals surface area contributed by atoms with Crippen molar-refractivity contribution in [1.82, 2.24) is 15.5 Å². The Kier molecular flexibility index (Phi) is 7.59. The maximum atomic E-state index is 12.0.